The Hall–Kier alpha value is -5.52. The Labute approximate surface area is 290 Å². The monoisotopic (exact) mass is 649 g/mol. The van der Waals surface area contributed by atoms with E-state index in [9.17, 15) is 0 Å². The maximum atomic E-state index is 6.78. The van der Waals surface area contributed by atoms with Gasteiger partial charge >= 0.3 is 0 Å². The Bertz CT molecular complexity index is 2590. The molecule has 3 heterocycles. The summed E-state index contributed by atoms with van der Waals surface area (Å²) in [5.41, 5.74) is 8.30. The molecule has 0 atom stereocenters. The van der Waals surface area contributed by atoms with E-state index in [1.54, 1.807) is 0 Å². The van der Waals surface area contributed by atoms with Crippen LogP contribution < -0.4 is 30.8 Å². The van der Waals surface area contributed by atoms with Crippen molar-refractivity contribution in [3.8, 4) is 23.0 Å². The van der Waals surface area contributed by atoms with Crippen LogP contribution in [0.5, 0.6) is 23.0 Å². The Balaban J connectivity index is 1.15. The van der Waals surface area contributed by atoms with Crippen molar-refractivity contribution in [1.82, 2.24) is 0 Å². The summed E-state index contributed by atoms with van der Waals surface area (Å²) >= 11 is 1.81. The molecule has 49 heavy (non-hydrogen) atoms. The number of anilines is 3. The molecule has 0 saturated heterocycles. The third-order valence-corrected chi connectivity index (χ3v) is 11.3. The number of rotatable bonds is 3. The first-order valence-electron chi connectivity index (χ1n) is 16.9. The van der Waals surface area contributed by atoms with Crippen molar-refractivity contribution in [3.63, 3.8) is 0 Å². The summed E-state index contributed by atoms with van der Waals surface area (Å²) in [6, 6.07) is 50.2. The topological polar surface area (TPSA) is 21.7 Å². The van der Waals surface area contributed by atoms with Crippen molar-refractivity contribution in [3.05, 3.63) is 145 Å². The predicted octanol–water partition coefficient (Wildman–Crippen LogP) is 10.7. The average molecular weight is 650 g/mol. The van der Waals surface area contributed by atoms with E-state index in [4.69, 9.17) is 9.47 Å². The Morgan fingerprint density at radius 1 is 0.551 bits per heavy atom. The number of benzene rings is 7. The number of ether oxygens (including phenoxy) is 2. The maximum absolute atomic E-state index is 6.78. The summed E-state index contributed by atoms with van der Waals surface area (Å²) < 4.78 is 15.8. The minimum Gasteiger partial charge on any atom is -0.458 e. The van der Waals surface area contributed by atoms with Crippen LogP contribution in [0.1, 0.15) is 26.3 Å². The second-order valence-electron chi connectivity index (χ2n) is 14.2. The fourth-order valence-electron chi connectivity index (χ4n) is 7.67. The van der Waals surface area contributed by atoms with E-state index >= 15 is 0 Å². The molecule has 0 amide bonds. The minimum absolute atomic E-state index is 0.0672. The highest BCUT2D eigenvalue weighted by atomic mass is 32.1. The van der Waals surface area contributed by atoms with Crippen LogP contribution in [0.3, 0.4) is 0 Å². The third kappa shape index (κ3) is 4.42. The smallest absolute Gasteiger partial charge is 0.260 e. The number of hydrogen-bond acceptors (Lipinski definition) is 4. The average Bonchev–Trinajstić information content (AvgIpc) is 3.48. The number of para-hydroxylation sites is 3. The van der Waals surface area contributed by atoms with Gasteiger partial charge < -0.3 is 14.4 Å². The lowest BCUT2D eigenvalue weighted by molar-refractivity contribution is 0.469. The first kappa shape index (κ1) is 28.5. The van der Waals surface area contributed by atoms with Crippen LogP contribution in [-0.4, -0.2) is 6.71 Å². The molecular formula is C44H32BNO2S. The van der Waals surface area contributed by atoms with Gasteiger partial charge in [-0.3, -0.25) is 0 Å². The van der Waals surface area contributed by atoms with Gasteiger partial charge in [-0.05, 0) is 99.4 Å². The van der Waals surface area contributed by atoms with Crippen molar-refractivity contribution >= 4 is 82.4 Å². The molecule has 2 aliphatic rings. The van der Waals surface area contributed by atoms with E-state index in [1.165, 1.54) is 42.7 Å². The molecule has 8 aromatic rings. The normalized spacial score (nSPS) is 13.1. The Morgan fingerprint density at radius 2 is 1.20 bits per heavy atom. The van der Waals surface area contributed by atoms with Crippen LogP contribution in [-0.2, 0) is 5.41 Å². The van der Waals surface area contributed by atoms with Crippen LogP contribution in [0, 0.1) is 0 Å². The van der Waals surface area contributed by atoms with E-state index in [-0.39, 0.29) is 12.1 Å². The lowest BCUT2D eigenvalue weighted by atomic mass is 9.35. The summed E-state index contributed by atoms with van der Waals surface area (Å²) in [7, 11) is 0. The van der Waals surface area contributed by atoms with Crippen molar-refractivity contribution < 1.29 is 9.47 Å². The first-order chi connectivity index (χ1) is 23.9. The fourth-order valence-corrected chi connectivity index (χ4v) is 8.87. The van der Waals surface area contributed by atoms with E-state index in [1.807, 2.05) is 11.3 Å². The van der Waals surface area contributed by atoms with Gasteiger partial charge in [0.1, 0.15) is 23.0 Å². The van der Waals surface area contributed by atoms with Gasteiger partial charge in [0.05, 0.1) is 4.70 Å². The summed E-state index contributed by atoms with van der Waals surface area (Å²) in [6.07, 6.45) is 0. The molecular weight excluding hydrogens is 617 g/mol. The summed E-state index contributed by atoms with van der Waals surface area (Å²) in [5, 5.41) is 4.80. The van der Waals surface area contributed by atoms with Crippen molar-refractivity contribution in [2.24, 2.45) is 0 Å². The Morgan fingerprint density at radius 3 is 1.94 bits per heavy atom. The highest BCUT2D eigenvalue weighted by Gasteiger charge is 2.41. The van der Waals surface area contributed by atoms with E-state index in [0.29, 0.717) is 0 Å². The van der Waals surface area contributed by atoms with E-state index < -0.39 is 0 Å². The minimum atomic E-state index is 0.0672. The molecule has 1 aromatic heterocycles. The van der Waals surface area contributed by atoms with Crippen LogP contribution in [0.2, 0.25) is 0 Å². The molecule has 0 bridgehead atoms. The van der Waals surface area contributed by atoms with Gasteiger partial charge in [-0.15, -0.1) is 11.3 Å². The molecule has 10 rings (SSSR count). The van der Waals surface area contributed by atoms with Crippen molar-refractivity contribution in [2.75, 3.05) is 4.90 Å². The van der Waals surface area contributed by atoms with Gasteiger partial charge in [0, 0.05) is 38.0 Å². The molecule has 234 valence electrons. The number of fused-ring (bicyclic) bond motifs is 9. The van der Waals surface area contributed by atoms with Gasteiger partial charge in [0.2, 0.25) is 0 Å². The van der Waals surface area contributed by atoms with Crippen LogP contribution >= 0.6 is 11.3 Å². The number of thiophene rings is 1. The largest absolute Gasteiger partial charge is 0.458 e. The second kappa shape index (κ2) is 10.5. The predicted molar refractivity (Wildman–Crippen MR) is 208 cm³/mol. The quantitative estimate of drug-likeness (QED) is 0.178. The van der Waals surface area contributed by atoms with Crippen molar-refractivity contribution in [2.45, 2.75) is 26.2 Å². The SMILES string of the molecule is CC(C)(C)c1ccc(N(c2ccccc2)c2ccc3cc4c(cc3c2)sc2c3c5c(cc24)Oc2ccccc2B5c2ccccc2O3)cc1. The van der Waals surface area contributed by atoms with Crippen LogP contribution in [0.25, 0.3) is 30.9 Å². The molecule has 0 spiro atoms. The van der Waals surface area contributed by atoms with Gasteiger partial charge in [-0.25, -0.2) is 0 Å². The van der Waals surface area contributed by atoms with Gasteiger partial charge in [-0.2, -0.15) is 0 Å². The third-order valence-electron chi connectivity index (χ3n) is 10.1. The Kier molecular flexibility index (Phi) is 6.10. The molecule has 0 saturated carbocycles. The van der Waals surface area contributed by atoms with E-state index in [0.717, 1.165) is 50.2 Å². The fraction of sp³-hybridized carbons (Fsp3) is 0.0909. The zero-order chi connectivity index (χ0) is 32.9. The molecule has 7 aromatic carbocycles. The number of nitrogens with zero attached hydrogens (tertiary/aromatic N) is 1. The first-order valence-corrected chi connectivity index (χ1v) is 17.7. The molecule has 0 unspecified atom stereocenters. The number of hydrogen-bond donors (Lipinski definition) is 0. The summed E-state index contributed by atoms with van der Waals surface area (Å²) in [5.74, 6) is 3.63. The van der Waals surface area contributed by atoms with Crippen LogP contribution in [0.15, 0.2) is 140 Å². The van der Waals surface area contributed by atoms with Gasteiger partial charge in [0.25, 0.3) is 6.71 Å². The second-order valence-corrected chi connectivity index (χ2v) is 15.2. The molecule has 0 N–H and O–H groups in total. The molecule has 0 fully saturated rings. The molecule has 2 aliphatic heterocycles. The lowest BCUT2D eigenvalue weighted by Gasteiger charge is -2.33. The molecule has 3 nitrogen and oxygen atoms in total. The van der Waals surface area contributed by atoms with Gasteiger partial charge in [0.15, 0.2) is 0 Å². The maximum Gasteiger partial charge on any atom is 0.260 e. The molecule has 5 heteroatoms. The summed E-state index contributed by atoms with van der Waals surface area (Å²) in [6.45, 7) is 6.84. The van der Waals surface area contributed by atoms with E-state index in [2.05, 4.69) is 165 Å². The van der Waals surface area contributed by atoms with Crippen molar-refractivity contribution in [1.29, 1.82) is 0 Å². The van der Waals surface area contributed by atoms with Crippen LogP contribution in [0.4, 0.5) is 17.1 Å². The van der Waals surface area contributed by atoms with Gasteiger partial charge in [-0.1, -0.05) is 93.6 Å². The standard InChI is InChI=1S/C44H32BNO2S/c1-44(2,3)29-18-21-31(22-19-29)46(30-11-5-4-6-12-30)32-20-17-27-24-33-34-26-39-41-42(43(34)49-40(33)25-28(27)23-32)48-38-16-10-8-14-36(38)45(41)35-13-7-9-15-37(35)47-39/h4-26H,1-3H3. The molecule has 0 radical (unpaired) electrons. The highest BCUT2D eigenvalue weighted by Crippen LogP contribution is 2.47. The lowest BCUT2D eigenvalue weighted by Crippen LogP contribution is -2.57. The highest BCUT2D eigenvalue weighted by molar-refractivity contribution is 7.26. The molecule has 0 aliphatic carbocycles. The summed E-state index contributed by atoms with van der Waals surface area (Å²) in [4.78, 5) is 2.35. The zero-order valence-electron chi connectivity index (χ0n) is 27.5. The zero-order valence-corrected chi connectivity index (χ0v) is 28.3.